The summed E-state index contributed by atoms with van der Waals surface area (Å²) < 4.78 is 32.4. The number of guanidine groups is 1. The van der Waals surface area contributed by atoms with Crippen LogP contribution in [0.3, 0.4) is 0 Å². The number of benzene rings is 2. The Morgan fingerprint density at radius 3 is 2.60 bits per heavy atom. The molecule has 2 aromatic carbocycles. The molecule has 162 valence electrons. The maximum Gasteiger partial charge on any atom is 0.270 e. The van der Waals surface area contributed by atoms with Gasteiger partial charge < -0.3 is 15.4 Å². The molecule has 0 atom stereocenters. The van der Waals surface area contributed by atoms with Crippen molar-refractivity contribution >= 4 is 21.7 Å². The van der Waals surface area contributed by atoms with Crippen LogP contribution < -0.4 is 20.1 Å². The van der Waals surface area contributed by atoms with Crippen LogP contribution in [0.15, 0.2) is 58.4 Å². The van der Waals surface area contributed by atoms with E-state index in [1.165, 1.54) is 18.2 Å². The molecule has 0 aliphatic heterocycles. The summed E-state index contributed by atoms with van der Waals surface area (Å²) in [5.41, 5.74) is 0.637. The van der Waals surface area contributed by atoms with Crippen molar-refractivity contribution in [1.82, 2.24) is 15.4 Å². The Labute approximate surface area is 175 Å². The molecule has 0 unspecified atom stereocenters. The van der Waals surface area contributed by atoms with Gasteiger partial charge in [-0.3, -0.25) is 10.1 Å². The Morgan fingerprint density at radius 1 is 1.13 bits per heavy atom. The van der Waals surface area contributed by atoms with E-state index in [2.05, 4.69) is 20.3 Å². The molecular weight excluding hydrogens is 410 g/mol. The number of nitro groups is 1. The Kier molecular flexibility index (Phi) is 8.56. The number of hydrogen-bond donors (Lipinski definition) is 3. The van der Waals surface area contributed by atoms with Crippen molar-refractivity contribution in [3.63, 3.8) is 0 Å². The Hall–Kier alpha value is -3.18. The number of nitro benzene ring substituents is 1. The van der Waals surface area contributed by atoms with Gasteiger partial charge in [0.25, 0.3) is 5.69 Å². The van der Waals surface area contributed by atoms with Crippen LogP contribution in [-0.2, 0) is 16.6 Å². The van der Waals surface area contributed by atoms with E-state index < -0.39 is 14.9 Å². The topological polar surface area (TPSA) is 135 Å². The van der Waals surface area contributed by atoms with Gasteiger partial charge in [-0.15, -0.1) is 0 Å². The number of methoxy groups -OCH3 is 1. The summed E-state index contributed by atoms with van der Waals surface area (Å²) >= 11 is 0. The second kappa shape index (κ2) is 11.1. The molecule has 0 fully saturated rings. The van der Waals surface area contributed by atoms with Gasteiger partial charge in [0.1, 0.15) is 5.75 Å². The minimum atomic E-state index is -3.86. The molecule has 2 rings (SSSR count). The number of nitrogens with zero attached hydrogens (tertiary/aromatic N) is 2. The van der Waals surface area contributed by atoms with Gasteiger partial charge in [-0.1, -0.05) is 24.3 Å². The highest BCUT2D eigenvalue weighted by Crippen LogP contribution is 2.18. The van der Waals surface area contributed by atoms with E-state index in [0.717, 1.165) is 17.4 Å². The minimum Gasteiger partial charge on any atom is -0.496 e. The fourth-order valence-corrected chi connectivity index (χ4v) is 3.62. The van der Waals surface area contributed by atoms with Crippen LogP contribution in [0.5, 0.6) is 5.75 Å². The molecule has 10 nitrogen and oxygen atoms in total. The zero-order chi connectivity index (χ0) is 22.0. The van der Waals surface area contributed by atoms with Crippen LogP contribution in [0.1, 0.15) is 12.5 Å². The Morgan fingerprint density at radius 2 is 1.90 bits per heavy atom. The van der Waals surface area contributed by atoms with Crippen molar-refractivity contribution in [1.29, 1.82) is 0 Å². The second-order valence-corrected chi connectivity index (χ2v) is 7.85. The third-order valence-electron chi connectivity index (χ3n) is 3.99. The molecule has 30 heavy (non-hydrogen) atoms. The van der Waals surface area contributed by atoms with Gasteiger partial charge in [-0.05, 0) is 19.1 Å². The number of ether oxygens (including phenoxy) is 1. The molecule has 0 heterocycles. The fourth-order valence-electron chi connectivity index (χ4n) is 2.55. The average molecular weight is 436 g/mol. The quantitative estimate of drug-likeness (QED) is 0.170. The summed E-state index contributed by atoms with van der Waals surface area (Å²) in [4.78, 5) is 14.5. The highest BCUT2D eigenvalue weighted by atomic mass is 32.2. The summed E-state index contributed by atoms with van der Waals surface area (Å²) in [7, 11) is -2.27. The lowest BCUT2D eigenvalue weighted by Gasteiger charge is -2.13. The SMILES string of the molecule is CCNC(=NCc1ccccc1OC)NCCNS(=O)(=O)c1cccc([N+](=O)[O-])c1. The van der Waals surface area contributed by atoms with Crippen molar-refractivity contribution < 1.29 is 18.1 Å². The number of nitrogens with one attached hydrogen (secondary N) is 3. The Balaban J connectivity index is 1.94. The van der Waals surface area contributed by atoms with Gasteiger partial charge in [0.15, 0.2) is 5.96 Å². The molecule has 0 spiro atoms. The highest BCUT2D eigenvalue weighted by Gasteiger charge is 2.17. The van der Waals surface area contributed by atoms with E-state index in [-0.39, 0.29) is 23.7 Å². The molecule has 0 aliphatic carbocycles. The largest absolute Gasteiger partial charge is 0.496 e. The lowest BCUT2D eigenvalue weighted by molar-refractivity contribution is -0.385. The minimum absolute atomic E-state index is 0.0735. The summed E-state index contributed by atoms with van der Waals surface area (Å²) in [5, 5.41) is 17.0. The average Bonchev–Trinajstić information content (AvgIpc) is 2.75. The van der Waals surface area contributed by atoms with Gasteiger partial charge in [0.2, 0.25) is 10.0 Å². The second-order valence-electron chi connectivity index (χ2n) is 6.09. The molecule has 0 saturated carbocycles. The lowest BCUT2D eigenvalue weighted by Crippen LogP contribution is -2.41. The lowest BCUT2D eigenvalue weighted by atomic mass is 10.2. The molecule has 0 bridgehead atoms. The molecule has 11 heteroatoms. The number of sulfonamides is 1. The van der Waals surface area contributed by atoms with Crippen LogP contribution in [0.4, 0.5) is 5.69 Å². The molecule has 2 aromatic rings. The van der Waals surface area contributed by atoms with E-state index >= 15 is 0 Å². The van der Waals surface area contributed by atoms with Crippen LogP contribution in [0.2, 0.25) is 0 Å². The van der Waals surface area contributed by atoms with Crippen molar-refractivity contribution in [3.05, 3.63) is 64.2 Å². The predicted molar refractivity (Wildman–Crippen MR) is 114 cm³/mol. The summed E-state index contributed by atoms with van der Waals surface area (Å²) in [6.45, 7) is 3.29. The van der Waals surface area contributed by atoms with Crippen molar-refractivity contribution in [2.75, 3.05) is 26.7 Å². The van der Waals surface area contributed by atoms with E-state index in [1.807, 2.05) is 31.2 Å². The van der Waals surface area contributed by atoms with E-state index in [1.54, 1.807) is 7.11 Å². The first-order chi connectivity index (χ1) is 14.4. The maximum atomic E-state index is 12.3. The summed E-state index contributed by atoms with van der Waals surface area (Å²) in [6.07, 6.45) is 0. The zero-order valence-corrected chi connectivity index (χ0v) is 17.6. The monoisotopic (exact) mass is 435 g/mol. The van der Waals surface area contributed by atoms with Gasteiger partial charge in [0, 0.05) is 37.3 Å². The van der Waals surface area contributed by atoms with E-state index in [4.69, 9.17) is 4.74 Å². The first-order valence-electron chi connectivity index (χ1n) is 9.25. The first kappa shape index (κ1) is 23.1. The van der Waals surface area contributed by atoms with Crippen LogP contribution in [-0.4, -0.2) is 46.0 Å². The van der Waals surface area contributed by atoms with Gasteiger partial charge in [0.05, 0.1) is 23.5 Å². The number of rotatable bonds is 10. The Bertz CT molecular complexity index is 994. The predicted octanol–water partition coefficient (Wildman–Crippen LogP) is 1.64. The van der Waals surface area contributed by atoms with Crippen molar-refractivity contribution in [3.8, 4) is 5.75 Å². The molecular formula is C19H25N5O5S. The van der Waals surface area contributed by atoms with Crippen LogP contribution in [0, 0.1) is 10.1 Å². The van der Waals surface area contributed by atoms with E-state index in [9.17, 15) is 18.5 Å². The standard InChI is InChI=1S/C19H25N5O5S/c1-3-20-19(22-14-15-7-4-5-10-18(15)29-2)21-11-12-23-30(27,28)17-9-6-8-16(13-17)24(25)26/h4-10,13,23H,3,11-12,14H2,1-2H3,(H2,20,21,22). The van der Waals surface area contributed by atoms with E-state index in [0.29, 0.717) is 19.0 Å². The van der Waals surface area contributed by atoms with Crippen molar-refractivity contribution in [2.24, 2.45) is 4.99 Å². The molecule has 3 N–H and O–H groups in total. The zero-order valence-electron chi connectivity index (χ0n) is 16.8. The third-order valence-corrected chi connectivity index (χ3v) is 5.45. The van der Waals surface area contributed by atoms with Gasteiger partial charge in [-0.25, -0.2) is 18.1 Å². The normalized spacial score (nSPS) is 11.7. The first-order valence-corrected chi connectivity index (χ1v) is 10.7. The van der Waals surface area contributed by atoms with Crippen molar-refractivity contribution in [2.45, 2.75) is 18.4 Å². The summed E-state index contributed by atoms with van der Waals surface area (Å²) in [6, 6.07) is 12.4. The molecule has 0 amide bonds. The maximum absolute atomic E-state index is 12.3. The van der Waals surface area contributed by atoms with Crippen LogP contribution in [0.25, 0.3) is 0 Å². The summed E-state index contributed by atoms with van der Waals surface area (Å²) in [5.74, 6) is 1.26. The molecule has 0 saturated heterocycles. The van der Waals surface area contributed by atoms with Crippen LogP contribution >= 0.6 is 0 Å². The molecule has 0 radical (unpaired) electrons. The third kappa shape index (κ3) is 6.71. The number of para-hydroxylation sites is 1. The molecule has 0 aliphatic rings. The highest BCUT2D eigenvalue weighted by molar-refractivity contribution is 7.89. The number of hydrogen-bond acceptors (Lipinski definition) is 6. The smallest absolute Gasteiger partial charge is 0.270 e. The molecule has 0 aromatic heterocycles. The van der Waals surface area contributed by atoms with Gasteiger partial charge in [-0.2, -0.15) is 0 Å². The van der Waals surface area contributed by atoms with Gasteiger partial charge >= 0.3 is 0 Å². The fraction of sp³-hybridized carbons (Fsp3) is 0.316. The number of non-ortho nitro benzene ring substituents is 1. The number of aliphatic imine (C=N–C) groups is 1.